The average molecular weight is 490 g/mol. The molecule has 3 amide bonds. The Hall–Kier alpha value is -3.58. The van der Waals surface area contributed by atoms with Gasteiger partial charge in [-0.3, -0.25) is 4.79 Å². The summed E-state index contributed by atoms with van der Waals surface area (Å²) in [5, 5.41) is 2.97. The Bertz CT molecular complexity index is 1170. The number of rotatable bonds is 9. The van der Waals surface area contributed by atoms with Crippen molar-refractivity contribution in [3.63, 3.8) is 0 Å². The van der Waals surface area contributed by atoms with Gasteiger partial charge in [0.2, 0.25) is 5.91 Å². The minimum Gasteiger partial charge on any atom is -0.464 e. The third-order valence-electron chi connectivity index (χ3n) is 6.53. The van der Waals surface area contributed by atoms with Crippen LogP contribution in [0.2, 0.25) is 0 Å². The Labute approximate surface area is 213 Å². The lowest BCUT2D eigenvalue weighted by Crippen LogP contribution is -2.46. The van der Waals surface area contributed by atoms with Gasteiger partial charge in [0.05, 0.1) is 12.6 Å². The summed E-state index contributed by atoms with van der Waals surface area (Å²) in [6.07, 6.45) is 1.77. The van der Waals surface area contributed by atoms with Crippen molar-refractivity contribution in [1.29, 1.82) is 0 Å². The van der Waals surface area contributed by atoms with Crippen molar-refractivity contribution in [2.75, 3.05) is 25.0 Å². The van der Waals surface area contributed by atoms with E-state index < -0.39 is 0 Å². The zero-order valence-electron chi connectivity index (χ0n) is 21.3. The van der Waals surface area contributed by atoms with Crippen LogP contribution >= 0.6 is 0 Å². The van der Waals surface area contributed by atoms with Crippen molar-refractivity contribution in [2.45, 2.75) is 52.8 Å². The minimum absolute atomic E-state index is 0.0525. The molecule has 4 rings (SSSR count). The molecule has 2 aromatic carbocycles. The molecule has 3 aromatic rings. The summed E-state index contributed by atoms with van der Waals surface area (Å²) in [7, 11) is 0. The summed E-state index contributed by atoms with van der Waals surface area (Å²) in [6.45, 7) is 7.67. The highest BCUT2D eigenvalue weighted by Gasteiger charge is 2.27. The van der Waals surface area contributed by atoms with Crippen molar-refractivity contribution < 1.29 is 18.7 Å². The Kier molecular flexibility index (Phi) is 8.44. The number of carbonyl (C=O) groups excluding carboxylic acids is 2. The maximum absolute atomic E-state index is 13.6. The molecular formula is C29H35N3O4. The highest BCUT2D eigenvalue weighted by Crippen LogP contribution is 2.18. The fourth-order valence-corrected chi connectivity index (χ4v) is 4.33. The van der Waals surface area contributed by atoms with Gasteiger partial charge in [-0.25, -0.2) is 4.79 Å². The number of hydrogen-bond acceptors (Lipinski definition) is 4. The number of nitrogens with one attached hydrogen (secondary N) is 1. The van der Waals surface area contributed by atoms with Crippen LogP contribution in [-0.2, 0) is 22.6 Å². The molecular weight excluding hydrogens is 454 g/mol. The Morgan fingerprint density at radius 3 is 2.42 bits per heavy atom. The quantitative estimate of drug-likeness (QED) is 0.434. The van der Waals surface area contributed by atoms with Crippen LogP contribution in [0.25, 0.3) is 0 Å². The summed E-state index contributed by atoms with van der Waals surface area (Å²) in [6, 6.07) is 19.1. The minimum atomic E-state index is -0.310. The molecule has 7 heteroatoms. The third kappa shape index (κ3) is 6.98. The lowest BCUT2D eigenvalue weighted by atomic mass is 10.1. The Morgan fingerprint density at radius 1 is 0.944 bits per heavy atom. The Morgan fingerprint density at radius 2 is 1.75 bits per heavy atom. The second kappa shape index (κ2) is 11.9. The predicted molar refractivity (Wildman–Crippen MR) is 140 cm³/mol. The van der Waals surface area contributed by atoms with E-state index in [4.69, 9.17) is 9.15 Å². The summed E-state index contributed by atoms with van der Waals surface area (Å²) < 4.78 is 11.5. The van der Waals surface area contributed by atoms with Crippen molar-refractivity contribution in [2.24, 2.45) is 0 Å². The maximum atomic E-state index is 13.6. The van der Waals surface area contributed by atoms with E-state index in [0.29, 0.717) is 37.7 Å². The van der Waals surface area contributed by atoms with E-state index in [0.717, 1.165) is 35.3 Å². The summed E-state index contributed by atoms with van der Waals surface area (Å²) in [5.74, 6) is 1.35. The van der Waals surface area contributed by atoms with Crippen LogP contribution in [0.5, 0.6) is 0 Å². The lowest BCUT2D eigenvalue weighted by molar-refractivity contribution is -0.133. The zero-order chi connectivity index (χ0) is 25.5. The van der Waals surface area contributed by atoms with E-state index >= 15 is 0 Å². The van der Waals surface area contributed by atoms with Crippen molar-refractivity contribution >= 4 is 17.6 Å². The first kappa shape index (κ1) is 25.5. The van der Waals surface area contributed by atoms with Gasteiger partial charge in [0.15, 0.2) is 0 Å². The second-order valence-electron chi connectivity index (χ2n) is 9.49. The number of furan rings is 1. The number of carbonyl (C=O) groups is 2. The molecule has 0 spiro atoms. The highest BCUT2D eigenvalue weighted by atomic mass is 16.5. The first-order valence-electron chi connectivity index (χ1n) is 12.5. The number of amides is 3. The van der Waals surface area contributed by atoms with Gasteiger partial charge in [0, 0.05) is 25.4 Å². The fourth-order valence-electron chi connectivity index (χ4n) is 4.33. The number of hydrogen-bond donors (Lipinski definition) is 1. The van der Waals surface area contributed by atoms with Gasteiger partial charge >= 0.3 is 6.03 Å². The van der Waals surface area contributed by atoms with Gasteiger partial charge in [-0.15, -0.1) is 0 Å². The van der Waals surface area contributed by atoms with Crippen LogP contribution in [0.1, 0.15) is 41.1 Å². The molecule has 0 saturated carbocycles. The number of benzene rings is 2. The van der Waals surface area contributed by atoms with E-state index in [1.807, 2.05) is 81.4 Å². The number of urea groups is 1. The third-order valence-corrected chi connectivity index (χ3v) is 6.53. The first-order valence-corrected chi connectivity index (χ1v) is 12.5. The topological polar surface area (TPSA) is 75.0 Å². The average Bonchev–Trinajstić information content (AvgIpc) is 3.52. The van der Waals surface area contributed by atoms with Gasteiger partial charge in [-0.2, -0.15) is 0 Å². The molecule has 1 fully saturated rings. The molecule has 0 aliphatic carbocycles. The van der Waals surface area contributed by atoms with Gasteiger partial charge in [-0.05, 0) is 74.6 Å². The number of anilines is 1. The molecule has 0 radical (unpaired) electrons. The van der Waals surface area contributed by atoms with Crippen LogP contribution in [0, 0.1) is 20.8 Å². The molecule has 1 unspecified atom stereocenters. The van der Waals surface area contributed by atoms with Crippen LogP contribution in [0.15, 0.2) is 65.1 Å². The van der Waals surface area contributed by atoms with Gasteiger partial charge in [-0.1, -0.05) is 36.4 Å². The predicted octanol–water partition coefficient (Wildman–Crippen LogP) is 5.45. The smallest absolute Gasteiger partial charge is 0.322 e. The van der Waals surface area contributed by atoms with Crippen molar-refractivity contribution in [3.05, 3.63) is 88.9 Å². The molecule has 0 bridgehead atoms. The molecule has 36 heavy (non-hydrogen) atoms. The van der Waals surface area contributed by atoms with E-state index in [1.165, 1.54) is 0 Å². The maximum Gasteiger partial charge on any atom is 0.322 e. The van der Waals surface area contributed by atoms with Gasteiger partial charge in [0.1, 0.15) is 18.1 Å². The van der Waals surface area contributed by atoms with Crippen LogP contribution in [-0.4, -0.2) is 47.5 Å². The lowest BCUT2D eigenvalue weighted by Gasteiger charge is -2.29. The summed E-state index contributed by atoms with van der Waals surface area (Å²) >= 11 is 0. The zero-order valence-corrected chi connectivity index (χ0v) is 21.3. The molecule has 190 valence electrons. The standard InChI is InChI=1S/C29H35N3O4/c1-21-11-13-25(16-22(21)2)30-29(34)32(18-26-10-7-15-35-26)20-28(33)31(17-24-8-5-4-6-9-24)19-27-14-12-23(3)36-27/h4-6,8-9,11-14,16,26H,7,10,15,17-20H2,1-3H3,(H,30,34). The van der Waals surface area contributed by atoms with Crippen LogP contribution in [0.3, 0.4) is 0 Å². The second-order valence-corrected chi connectivity index (χ2v) is 9.49. The van der Waals surface area contributed by atoms with Crippen molar-refractivity contribution in [1.82, 2.24) is 9.80 Å². The molecule has 1 aromatic heterocycles. The number of aryl methyl sites for hydroxylation is 3. The largest absolute Gasteiger partial charge is 0.464 e. The van der Waals surface area contributed by atoms with Crippen LogP contribution in [0.4, 0.5) is 10.5 Å². The highest BCUT2D eigenvalue weighted by molar-refractivity contribution is 5.92. The van der Waals surface area contributed by atoms with Crippen LogP contribution < -0.4 is 5.32 Å². The van der Waals surface area contributed by atoms with E-state index in [2.05, 4.69) is 5.32 Å². The molecule has 1 saturated heterocycles. The first-order chi connectivity index (χ1) is 17.4. The molecule has 7 nitrogen and oxygen atoms in total. The summed E-state index contributed by atoms with van der Waals surface area (Å²) in [4.78, 5) is 30.3. The fraction of sp³-hybridized carbons (Fsp3) is 0.379. The Balaban J connectivity index is 1.51. The van der Waals surface area contributed by atoms with E-state index in [9.17, 15) is 9.59 Å². The van der Waals surface area contributed by atoms with Gasteiger partial charge in [0.25, 0.3) is 0 Å². The van der Waals surface area contributed by atoms with Crippen molar-refractivity contribution in [3.8, 4) is 0 Å². The van der Waals surface area contributed by atoms with Gasteiger partial charge < -0.3 is 24.3 Å². The molecule has 1 aliphatic rings. The SMILES string of the molecule is Cc1ccc(CN(Cc2ccccc2)C(=O)CN(CC2CCCO2)C(=O)Nc2ccc(C)c(C)c2)o1. The number of ether oxygens (including phenoxy) is 1. The van der Waals surface area contributed by atoms with E-state index in [1.54, 1.807) is 9.80 Å². The molecule has 1 atom stereocenters. The molecule has 2 heterocycles. The number of nitrogens with zero attached hydrogens (tertiary/aromatic N) is 2. The van der Waals surface area contributed by atoms with E-state index in [-0.39, 0.29) is 24.6 Å². The normalized spacial score (nSPS) is 15.0. The molecule has 1 N–H and O–H groups in total. The molecule has 1 aliphatic heterocycles. The monoisotopic (exact) mass is 489 g/mol. The summed E-state index contributed by atoms with van der Waals surface area (Å²) in [5.41, 5.74) is 3.97.